The van der Waals surface area contributed by atoms with E-state index in [4.69, 9.17) is 11.6 Å². The quantitative estimate of drug-likeness (QED) is 0.433. The summed E-state index contributed by atoms with van der Waals surface area (Å²) in [7, 11) is 0. The second-order valence-corrected chi connectivity index (χ2v) is 2.66. The number of anilines is 1. The Bertz CT molecular complexity index is 311. The van der Waals surface area contributed by atoms with Crippen molar-refractivity contribution < 1.29 is 0 Å². The van der Waals surface area contributed by atoms with Crippen LogP contribution in [0.4, 0.5) is 5.82 Å². The van der Waals surface area contributed by atoms with Gasteiger partial charge in [-0.3, -0.25) is 5.43 Å². The first kappa shape index (κ1) is 8.93. The highest BCUT2D eigenvalue weighted by Gasteiger charge is 2.05. The lowest BCUT2D eigenvalue weighted by Crippen LogP contribution is -1.99. The molecule has 1 aromatic heterocycles. The van der Waals surface area contributed by atoms with E-state index in [9.17, 15) is 0 Å². The van der Waals surface area contributed by atoms with Crippen LogP contribution in [-0.2, 0) is 0 Å². The van der Waals surface area contributed by atoms with Crippen LogP contribution in [0.2, 0.25) is 5.15 Å². The molecule has 1 rings (SSSR count). The number of halogens is 1. The fourth-order valence-corrected chi connectivity index (χ4v) is 0.990. The maximum atomic E-state index is 5.80. The summed E-state index contributed by atoms with van der Waals surface area (Å²) in [5.41, 5.74) is 3.41. The molecule has 1 heterocycles. The molecule has 1 aromatic rings. The van der Waals surface area contributed by atoms with Crippen LogP contribution in [0, 0.1) is 13.8 Å². The molecule has 0 bridgehead atoms. The van der Waals surface area contributed by atoms with E-state index in [0.717, 1.165) is 5.56 Å². The van der Waals surface area contributed by atoms with Gasteiger partial charge in [-0.05, 0) is 13.8 Å². The minimum atomic E-state index is 0.439. The predicted molar refractivity (Wildman–Crippen MR) is 49.7 cm³/mol. The van der Waals surface area contributed by atoms with Gasteiger partial charge in [0, 0.05) is 12.3 Å². The maximum Gasteiger partial charge on any atom is 0.154 e. The molecular formula is C7H9ClN4. The largest absolute Gasteiger partial charge is 0.262 e. The van der Waals surface area contributed by atoms with Crippen molar-refractivity contribution in [1.29, 1.82) is 0 Å². The van der Waals surface area contributed by atoms with Crippen molar-refractivity contribution in [3.05, 3.63) is 16.5 Å². The number of hydrazone groups is 1. The van der Waals surface area contributed by atoms with Crippen LogP contribution in [0.3, 0.4) is 0 Å². The molecule has 64 valence electrons. The fourth-order valence-electron chi connectivity index (χ4n) is 0.778. The van der Waals surface area contributed by atoms with E-state index < -0.39 is 0 Å². The third-order valence-electron chi connectivity index (χ3n) is 1.38. The number of nitrogens with one attached hydrogen (secondary N) is 1. The minimum absolute atomic E-state index is 0.439. The molecule has 0 atom stereocenters. The molecule has 1 N–H and O–H groups in total. The van der Waals surface area contributed by atoms with Crippen LogP contribution < -0.4 is 5.43 Å². The Morgan fingerprint density at radius 1 is 1.42 bits per heavy atom. The van der Waals surface area contributed by atoms with Crippen molar-refractivity contribution in [2.75, 3.05) is 5.43 Å². The van der Waals surface area contributed by atoms with Gasteiger partial charge in [0.25, 0.3) is 0 Å². The Labute approximate surface area is 75.7 Å². The average Bonchev–Trinajstić information content (AvgIpc) is 2.00. The number of hydrogen-bond acceptors (Lipinski definition) is 4. The molecular weight excluding hydrogens is 176 g/mol. The summed E-state index contributed by atoms with van der Waals surface area (Å²) in [5, 5.41) is 3.94. The summed E-state index contributed by atoms with van der Waals surface area (Å²) in [5.74, 6) is 1.21. The minimum Gasteiger partial charge on any atom is -0.262 e. The zero-order valence-corrected chi connectivity index (χ0v) is 7.68. The number of aromatic nitrogens is 2. The molecule has 0 aliphatic heterocycles. The second kappa shape index (κ2) is 3.49. The van der Waals surface area contributed by atoms with E-state index in [1.165, 1.54) is 0 Å². The van der Waals surface area contributed by atoms with Crippen LogP contribution >= 0.6 is 11.6 Å². The van der Waals surface area contributed by atoms with E-state index in [0.29, 0.717) is 16.8 Å². The van der Waals surface area contributed by atoms with Crippen molar-refractivity contribution in [3.63, 3.8) is 0 Å². The Morgan fingerprint density at radius 3 is 2.67 bits per heavy atom. The van der Waals surface area contributed by atoms with Gasteiger partial charge in [-0.25, -0.2) is 9.97 Å². The topological polar surface area (TPSA) is 50.2 Å². The van der Waals surface area contributed by atoms with Crippen molar-refractivity contribution in [2.24, 2.45) is 5.10 Å². The van der Waals surface area contributed by atoms with Crippen LogP contribution in [-0.4, -0.2) is 16.7 Å². The highest BCUT2D eigenvalue weighted by molar-refractivity contribution is 6.30. The fraction of sp³-hybridized carbons (Fsp3) is 0.286. The molecule has 0 amide bonds. The van der Waals surface area contributed by atoms with E-state index in [1.807, 2.05) is 6.92 Å². The molecule has 0 aromatic carbocycles. The second-order valence-electron chi connectivity index (χ2n) is 2.31. The van der Waals surface area contributed by atoms with E-state index >= 15 is 0 Å². The van der Waals surface area contributed by atoms with Gasteiger partial charge >= 0.3 is 0 Å². The predicted octanol–water partition coefficient (Wildman–Crippen LogP) is 1.77. The van der Waals surface area contributed by atoms with Crippen molar-refractivity contribution >= 4 is 24.1 Å². The number of aryl methyl sites for hydroxylation is 1. The normalized spacial score (nSPS) is 9.58. The van der Waals surface area contributed by atoms with E-state index in [1.54, 1.807) is 6.92 Å². The molecule has 0 radical (unpaired) electrons. The lowest BCUT2D eigenvalue weighted by Gasteiger charge is -2.05. The van der Waals surface area contributed by atoms with Crippen LogP contribution in [0.1, 0.15) is 11.4 Å². The van der Waals surface area contributed by atoms with Crippen LogP contribution in [0.25, 0.3) is 0 Å². The van der Waals surface area contributed by atoms with Gasteiger partial charge < -0.3 is 0 Å². The zero-order valence-electron chi connectivity index (χ0n) is 6.93. The summed E-state index contributed by atoms with van der Waals surface area (Å²) in [6, 6.07) is 0. The lowest BCUT2D eigenvalue weighted by molar-refractivity contribution is 1.02. The summed E-state index contributed by atoms with van der Waals surface area (Å²) < 4.78 is 0. The first-order valence-electron chi connectivity index (χ1n) is 3.37. The monoisotopic (exact) mass is 184 g/mol. The lowest BCUT2D eigenvalue weighted by atomic mass is 10.3. The molecule has 0 saturated carbocycles. The van der Waals surface area contributed by atoms with E-state index in [-0.39, 0.29) is 0 Å². The van der Waals surface area contributed by atoms with Crippen LogP contribution in [0.5, 0.6) is 0 Å². The summed E-state index contributed by atoms with van der Waals surface area (Å²) in [6.45, 7) is 6.87. The molecule has 0 fully saturated rings. The van der Waals surface area contributed by atoms with Crippen LogP contribution in [0.15, 0.2) is 5.10 Å². The van der Waals surface area contributed by atoms with Crippen molar-refractivity contribution in [2.45, 2.75) is 13.8 Å². The summed E-state index contributed by atoms with van der Waals surface area (Å²) in [4.78, 5) is 8.05. The van der Waals surface area contributed by atoms with E-state index in [2.05, 4.69) is 27.2 Å². The molecule has 0 spiro atoms. The molecule has 0 saturated heterocycles. The molecule has 0 aliphatic rings. The summed E-state index contributed by atoms with van der Waals surface area (Å²) in [6.07, 6.45) is 0. The van der Waals surface area contributed by atoms with Gasteiger partial charge in [-0.15, -0.1) is 0 Å². The highest BCUT2D eigenvalue weighted by Crippen LogP contribution is 2.18. The molecule has 4 nitrogen and oxygen atoms in total. The SMILES string of the molecule is C=NNc1nc(C)nc(Cl)c1C. The Hall–Kier alpha value is -1.16. The molecule has 0 unspecified atom stereocenters. The smallest absolute Gasteiger partial charge is 0.154 e. The number of rotatable bonds is 2. The Balaban J connectivity index is 3.17. The molecule has 12 heavy (non-hydrogen) atoms. The molecule has 5 heteroatoms. The third-order valence-corrected chi connectivity index (χ3v) is 1.75. The highest BCUT2D eigenvalue weighted by atomic mass is 35.5. The summed E-state index contributed by atoms with van der Waals surface area (Å²) >= 11 is 5.80. The average molecular weight is 185 g/mol. The van der Waals surface area contributed by atoms with Crippen molar-refractivity contribution in [3.8, 4) is 0 Å². The van der Waals surface area contributed by atoms with Gasteiger partial charge in [0.2, 0.25) is 0 Å². The van der Waals surface area contributed by atoms with Crippen molar-refractivity contribution in [1.82, 2.24) is 9.97 Å². The van der Waals surface area contributed by atoms with Gasteiger partial charge in [0.1, 0.15) is 11.0 Å². The molecule has 0 aliphatic carbocycles. The first-order valence-corrected chi connectivity index (χ1v) is 3.75. The van der Waals surface area contributed by atoms with Gasteiger partial charge in [0.05, 0.1) is 0 Å². The van der Waals surface area contributed by atoms with Gasteiger partial charge in [0.15, 0.2) is 5.82 Å². The third kappa shape index (κ3) is 1.71. The van der Waals surface area contributed by atoms with Gasteiger partial charge in [-0.1, -0.05) is 11.6 Å². The zero-order chi connectivity index (χ0) is 9.14. The standard InChI is InChI=1S/C7H9ClN4/c1-4-6(8)10-5(2)11-7(4)12-9-3/h3H2,1-2H3,(H,10,11,12). The number of hydrogen-bond donors (Lipinski definition) is 1. The van der Waals surface area contributed by atoms with Gasteiger partial charge in [-0.2, -0.15) is 5.10 Å². The number of nitrogens with zero attached hydrogens (tertiary/aromatic N) is 3. The first-order chi connectivity index (χ1) is 5.65. The Morgan fingerprint density at radius 2 is 2.08 bits per heavy atom. The Kier molecular flexibility index (Phi) is 2.60. The maximum absolute atomic E-state index is 5.80.